The van der Waals surface area contributed by atoms with Gasteiger partial charge in [-0.1, -0.05) is 41.4 Å². The minimum absolute atomic E-state index is 0.161. The molecule has 0 saturated heterocycles. The van der Waals surface area contributed by atoms with Crippen LogP contribution in [0.25, 0.3) is 0 Å². The third kappa shape index (κ3) is 3.08. The largest absolute Gasteiger partial charge is 0.355 e. The highest BCUT2D eigenvalue weighted by atomic mass is 35.5. The minimum Gasteiger partial charge on any atom is -0.355 e. The molecule has 6 heteroatoms. The first-order valence-corrected chi connectivity index (χ1v) is 6.72. The van der Waals surface area contributed by atoms with E-state index < -0.39 is 0 Å². The highest BCUT2D eigenvalue weighted by Crippen LogP contribution is 2.24. The first-order valence-electron chi connectivity index (χ1n) is 5.96. The number of anilines is 1. The predicted octanol–water partition coefficient (Wildman–Crippen LogP) is 3.54. The SMILES string of the molecule is Cc1nc(Cl)c(C=O)c(N(C)Cc2ccccc2Cl)n1. The lowest BCUT2D eigenvalue weighted by Gasteiger charge is -2.21. The second-order valence-electron chi connectivity index (χ2n) is 4.36. The van der Waals surface area contributed by atoms with Gasteiger partial charge in [-0.05, 0) is 18.6 Å². The fourth-order valence-electron chi connectivity index (χ4n) is 1.88. The molecule has 0 radical (unpaired) electrons. The summed E-state index contributed by atoms with van der Waals surface area (Å²) >= 11 is 12.1. The van der Waals surface area contributed by atoms with Crippen LogP contribution in [0.1, 0.15) is 21.7 Å². The van der Waals surface area contributed by atoms with E-state index in [9.17, 15) is 4.79 Å². The number of hydrogen-bond acceptors (Lipinski definition) is 4. The molecule has 0 saturated carbocycles. The van der Waals surface area contributed by atoms with Gasteiger partial charge in [0.2, 0.25) is 0 Å². The number of benzene rings is 1. The number of aryl methyl sites for hydroxylation is 1. The van der Waals surface area contributed by atoms with E-state index in [4.69, 9.17) is 23.2 Å². The topological polar surface area (TPSA) is 46.1 Å². The fraction of sp³-hybridized carbons (Fsp3) is 0.214. The van der Waals surface area contributed by atoms with Gasteiger partial charge in [0.05, 0.1) is 5.56 Å². The zero-order chi connectivity index (χ0) is 14.7. The van der Waals surface area contributed by atoms with Crippen molar-refractivity contribution in [1.29, 1.82) is 0 Å². The van der Waals surface area contributed by atoms with Crippen LogP contribution in [0, 0.1) is 6.92 Å². The summed E-state index contributed by atoms with van der Waals surface area (Å²) in [7, 11) is 1.83. The van der Waals surface area contributed by atoms with Crippen LogP contribution in [0.5, 0.6) is 0 Å². The molecule has 0 aliphatic rings. The van der Waals surface area contributed by atoms with Gasteiger partial charge in [-0.2, -0.15) is 0 Å². The summed E-state index contributed by atoms with van der Waals surface area (Å²) in [5.74, 6) is 1.01. The quantitative estimate of drug-likeness (QED) is 0.640. The van der Waals surface area contributed by atoms with Crippen molar-refractivity contribution in [2.75, 3.05) is 11.9 Å². The van der Waals surface area contributed by atoms with Crippen molar-refractivity contribution in [3.8, 4) is 0 Å². The van der Waals surface area contributed by atoms with Crippen molar-refractivity contribution in [1.82, 2.24) is 9.97 Å². The Labute approximate surface area is 127 Å². The van der Waals surface area contributed by atoms with Gasteiger partial charge < -0.3 is 4.90 Å². The molecule has 0 bridgehead atoms. The van der Waals surface area contributed by atoms with E-state index in [1.807, 2.05) is 36.2 Å². The number of carbonyl (C=O) groups is 1. The van der Waals surface area contributed by atoms with Crippen molar-refractivity contribution < 1.29 is 4.79 Å². The number of rotatable bonds is 4. The molecule has 4 nitrogen and oxygen atoms in total. The molecule has 0 atom stereocenters. The Bertz CT molecular complexity index is 646. The third-order valence-corrected chi connectivity index (χ3v) is 3.49. The van der Waals surface area contributed by atoms with Crippen LogP contribution in [0.15, 0.2) is 24.3 Å². The molecular formula is C14H13Cl2N3O. The van der Waals surface area contributed by atoms with E-state index in [0.717, 1.165) is 5.56 Å². The van der Waals surface area contributed by atoms with Crippen LogP contribution in [0.4, 0.5) is 5.82 Å². The molecule has 0 aliphatic heterocycles. The fourth-order valence-corrected chi connectivity index (χ4v) is 2.33. The molecule has 20 heavy (non-hydrogen) atoms. The van der Waals surface area contributed by atoms with Gasteiger partial charge in [0, 0.05) is 18.6 Å². The summed E-state index contributed by atoms with van der Waals surface area (Å²) in [5.41, 5.74) is 1.23. The molecule has 0 amide bonds. The van der Waals surface area contributed by atoms with Crippen molar-refractivity contribution in [2.24, 2.45) is 0 Å². The Morgan fingerprint density at radius 1 is 1.25 bits per heavy atom. The maximum absolute atomic E-state index is 11.2. The Kier molecular flexibility index (Phi) is 4.57. The predicted molar refractivity (Wildman–Crippen MR) is 80.7 cm³/mol. The van der Waals surface area contributed by atoms with Crippen LogP contribution in [0.2, 0.25) is 10.2 Å². The first kappa shape index (κ1) is 14.8. The Balaban J connectivity index is 2.36. The molecule has 1 aromatic heterocycles. The highest BCUT2D eigenvalue weighted by Gasteiger charge is 2.15. The van der Waals surface area contributed by atoms with Gasteiger partial charge in [-0.3, -0.25) is 4.79 Å². The van der Waals surface area contributed by atoms with Crippen molar-refractivity contribution in [3.63, 3.8) is 0 Å². The monoisotopic (exact) mass is 309 g/mol. The van der Waals surface area contributed by atoms with Gasteiger partial charge in [0.25, 0.3) is 0 Å². The van der Waals surface area contributed by atoms with E-state index in [2.05, 4.69) is 9.97 Å². The van der Waals surface area contributed by atoms with Gasteiger partial charge >= 0.3 is 0 Å². The number of aromatic nitrogens is 2. The van der Waals surface area contributed by atoms with E-state index in [-0.39, 0.29) is 10.7 Å². The molecule has 0 N–H and O–H groups in total. The standard InChI is InChI=1S/C14H13Cl2N3O/c1-9-17-13(16)11(8-20)14(18-9)19(2)7-10-5-3-4-6-12(10)15/h3-6,8H,7H2,1-2H3. The summed E-state index contributed by atoms with van der Waals surface area (Å²) < 4.78 is 0. The molecule has 0 fully saturated rings. The average molecular weight is 310 g/mol. The molecule has 0 spiro atoms. The van der Waals surface area contributed by atoms with Gasteiger partial charge in [-0.15, -0.1) is 0 Å². The first-order chi connectivity index (χ1) is 9.52. The number of aldehydes is 1. The lowest BCUT2D eigenvalue weighted by molar-refractivity contribution is 0.112. The Morgan fingerprint density at radius 3 is 2.60 bits per heavy atom. The average Bonchev–Trinajstić information content (AvgIpc) is 2.40. The van der Waals surface area contributed by atoms with Gasteiger partial charge in [0.15, 0.2) is 6.29 Å². The van der Waals surface area contributed by atoms with Crippen molar-refractivity contribution in [3.05, 3.63) is 51.4 Å². The zero-order valence-electron chi connectivity index (χ0n) is 11.1. The lowest BCUT2D eigenvalue weighted by Crippen LogP contribution is -2.20. The molecule has 1 heterocycles. The zero-order valence-corrected chi connectivity index (χ0v) is 12.6. The van der Waals surface area contributed by atoms with E-state index >= 15 is 0 Å². The van der Waals surface area contributed by atoms with Gasteiger partial charge in [0.1, 0.15) is 16.8 Å². The normalized spacial score (nSPS) is 10.4. The Morgan fingerprint density at radius 2 is 1.95 bits per heavy atom. The summed E-state index contributed by atoms with van der Waals surface area (Å²) in [5, 5.41) is 0.831. The van der Waals surface area contributed by atoms with Crippen LogP contribution < -0.4 is 4.90 Å². The van der Waals surface area contributed by atoms with Crippen LogP contribution in [-0.2, 0) is 6.54 Å². The second-order valence-corrected chi connectivity index (χ2v) is 5.13. The molecule has 1 aromatic carbocycles. The summed E-state index contributed by atoms with van der Waals surface area (Å²) in [6.07, 6.45) is 0.667. The Hall–Kier alpha value is -1.65. The smallest absolute Gasteiger partial charge is 0.156 e. The van der Waals surface area contributed by atoms with E-state index in [0.29, 0.717) is 29.5 Å². The number of carbonyl (C=O) groups excluding carboxylic acids is 1. The van der Waals surface area contributed by atoms with Crippen LogP contribution >= 0.6 is 23.2 Å². The van der Waals surface area contributed by atoms with Crippen LogP contribution in [-0.4, -0.2) is 23.3 Å². The maximum atomic E-state index is 11.2. The van der Waals surface area contributed by atoms with Gasteiger partial charge in [-0.25, -0.2) is 9.97 Å². The summed E-state index contributed by atoms with van der Waals surface area (Å²) in [6, 6.07) is 7.53. The molecular weight excluding hydrogens is 297 g/mol. The molecule has 104 valence electrons. The molecule has 2 aromatic rings. The highest BCUT2D eigenvalue weighted by molar-refractivity contribution is 6.32. The molecule has 0 unspecified atom stereocenters. The number of halogens is 2. The van der Waals surface area contributed by atoms with E-state index in [1.54, 1.807) is 6.92 Å². The maximum Gasteiger partial charge on any atom is 0.156 e. The molecule has 2 rings (SSSR count). The van der Waals surface area contributed by atoms with Crippen molar-refractivity contribution in [2.45, 2.75) is 13.5 Å². The van der Waals surface area contributed by atoms with Crippen LogP contribution in [0.3, 0.4) is 0 Å². The third-order valence-electron chi connectivity index (χ3n) is 2.84. The second kappa shape index (κ2) is 6.20. The number of hydrogen-bond donors (Lipinski definition) is 0. The lowest BCUT2D eigenvalue weighted by atomic mass is 10.2. The number of nitrogens with zero attached hydrogens (tertiary/aromatic N) is 3. The molecule has 0 aliphatic carbocycles. The minimum atomic E-state index is 0.161. The van der Waals surface area contributed by atoms with Crippen molar-refractivity contribution >= 4 is 35.3 Å². The summed E-state index contributed by atoms with van der Waals surface area (Å²) in [6.45, 7) is 2.25. The van der Waals surface area contributed by atoms with E-state index in [1.165, 1.54) is 0 Å². The summed E-state index contributed by atoms with van der Waals surface area (Å²) in [4.78, 5) is 21.3.